The van der Waals surface area contributed by atoms with Crippen molar-refractivity contribution in [1.82, 2.24) is 20.2 Å². The average Bonchev–Trinajstić information content (AvgIpc) is 3.50. The SMILES string of the molecule is CCOc1ncccc1-c1ccc(OC2CC3(C2)CN(c2ccc(F)cc2C#N)C3)c(C(=O)NCC2CCN(C(=O)CC)C2)n1. The van der Waals surface area contributed by atoms with E-state index in [-0.39, 0.29) is 34.9 Å². The van der Waals surface area contributed by atoms with Gasteiger partial charge in [0.15, 0.2) is 11.4 Å². The number of nitrogens with zero attached hydrogens (tertiary/aromatic N) is 5. The quantitative estimate of drug-likeness (QED) is 0.353. The molecule has 1 N–H and O–H groups in total. The molecule has 1 atom stereocenters. The largest absolute Gasteiger partial charge is 0.488 e. The Kier molecular flexibility index (Phi) is 8.57. The second-order valence-corrected chi connectivity index (χ2v) is 12.2. The zero-order valence-corrected chi connectivity index (χ0v) is 25.6. The number of aromatic nitrogens is 2. The molecule has 3 fully saturated rings. The molecule has 2 aliphatic heterocycles. The van der Waals surface area contributed by atoms with E-state index in [9.17, 15) is 19.2 Å². The van der Waals surface area contributed by atoms with E-state index in [0.717, 1.165) is 38.0 Å². The maximum absolute atomic E-state index is 13.6. The average molecular weight is 613 g/mol. The highest BCUT2D eigenvalue weighted by Gasteiger charge is 2.54. The predicted molar refractivity (Wildman–Crippen MR) is 165 cm³/mol. The fraction of sp³-hybridized carbons (Fsp3) is 0.441. The van der Waals surface area contributed by atoms with E-state index in [4.69, 9.17) is 14.5 Å². The van der Waals surface area contributed by atoms with Crippen molar-refractivity contribution in [2.45, 2.75) is 45.6 Å². The third kappa shape index (κ3) is 6.27. The van der Waals surface area contributed by atoms with Crippen LogP contribution in [0.15, 0.2) is 48.7 Å². The van der Waals surface area contributed by atoms with Crippen molar-refractivity contribution in [1.29, 1.82) is 5.26 Å². The molecule has 6 rings (SSSR count). The van der Waals surface area contributed by atoms with Gasteiger partial charge < -0.3 is 24.6 Å². The summed E-state index contributed by atoms with van der Waals surface area (Å²) >= 11 is 0. The van der Waals surface area contributed by atoms with Crippen molar-refractivity contribution in [3.8, 4) is 29.0 Å². The molecule has 1 spiro atoms. The van der Waals surface area contributed by atoms with Crippen LogP contribution in [0, 0.1) is 28.5 Å². The first-order valence-corrected chi connectivity index (χ1v) is 15.6. The number of hydrogen-bond donors (Lipinski definition) is 1. The predicted octanol–water partition coefficient (Wildman–Crippen LogP) is 4.59. The van der Waals surface area contributed by atoms with Crippen molar-refractivity contribution < 1.29 is 23.5 Å². The molecule has 234 valence electrons. The van der Waals surface area contributed by atoms with Crippen molar-refractivity contribution in [3.05, 3.63) is 65.7 Å². The van der Waals surface area contributed by atoms with Gasteiger partial charge >= 0.3 is 0 Å². The number of ether oxygens (including phenoxy) is 2. The van der Waals surface area contributed by atoms with Crippen LogP contribution in [0.3, 0.4) is 0 Å². The molecule has 1 aromatic carbocycles. The number of likely N-dealkylation sites (tertiary alicyclic amines) is 1. The molecule has 11 heteroatoms. The Morgan fingerprint density at radius 3 is 2.76 bits per heavy atom. The Morgan fingerprint density at radius 2 is 2.00 bits per heavy atom. The molecule has 2 aromatic heterocycles. The third-order valence-electron chi connectivity index (χ3n) is 8.98. The molecule has 10 nitrogen and oxygen atoms in total. The molecule has 1 saturated carbocycles. The number of halogens is 1. The molecule has 3 aliphatic rings. The van der Waals surface area contributed by atoms with Gasteiger partial charge in [-0.3, -0.25) is 9.59 Å². The fourth-order valence-electron chi connectivity index (χ4n) is 6.70. The van der Waals surface area contributed by atoms with Gasteiger partial charge in [0.25, 0.3) is 5.91 Å². The van der Waals surface area contributed by atoms with Crippen LogP contribution in [0.2, 0.25) is 0 Å². The molecule has 1 aliphatic carbocycles. The van der Waals surface area contributed by atoms with Crippen LogP contribution in [-0.4, -0.2) is 72.1 Å². The Balaban J connectivity index is 1.15. The molecule has 0 bridgehead atoms. The van der Waals surface area contributed by atoms with E-state index >= 15 is 0 Å². The first-order valence-electron chi connectivity index (χ1n) is 15.6. The van der Waals surface area contributed by atoms with Crippen LogP contribution in [0.5, 0.6) is 11.6 Å². The first kappa shape index (κ1) is 30.3. The van der Waals surface area contributed by atoms with Gasteiger partial charge in [0.2, 0.25) is 11.8 Å². The molecule has 2 amide bonds. The number of carbonyl (C=O) groups is 2. The topological polar surface area (TPSA) is 121 Å². The maximum atomic E-state index is 13.6. The zero-order chi connectivity index (χ0) is 31.6. The van der Waals surface area contributed by atoms with Crippen molar-refractivity contribution in [2.24, 2.45) is 11.3 Å². The molecule has 0 radical (unpaired) electrons. The van der Waals surface area contributed by atoms with E-state index < -0.39 is 5.82 Å². The maximum Gasteiger partial charge on any atom is 0.273 e. The van der Waals surface area contributed by atoms with Crippen molar-refractivity contribution in [2.75, 3.05) is 44.2 Å². The number of nitriles is 1. The minimum Gasteiger partial charge on any atom is -0.488 e. The number of anilines is 1. The summed E-state index contributed by atoms with van der Waals surface area (Å²) < 4.78 is 25.7. The lowest BCUT2D eigenvalue weighted by atomic mass is 9.61. The van der Waals surface area contributed by atoms with E-state index in [0.29, 0.717) is 61.1 Å². The van der Waals surface area contributed by atoms with Crippen molar-refractivity contribution in [3.63, 3.8) is 0 Å². The van der Waals surface area contributed by atoms with Gasteiger partial charge in [0.1, 0.15) is 18.0 Å². The zero-order valence-electron chi connectivity index (χ0n) is 25.6. The Hall–Kier alpha value is -4.72. The number of carbonyl (C=O) groups excluding carboxylic acids is 2. The van der Waals surface area contributed by atoms with Gasteiger partial charge in [-0.15, -0.1) is 0 Å². The van der Waals surface area contributed by atoms with Gasteiger partial charge in [0.05, 0.1) is 29.1 Å². The second-order valence-electron chi connectivity index (χ2n) is 12.2. The standard InChI is InChI=1S/C34H37FN6O4/c1-3-30(42)40-13-11-22(19-40)18-38-32(43)31-29(10-8-27(39-31)26-6-5-12-37-33(26)44-4-2)45-25-15-34(16-25)20-41(21-34)28-9-7-24(35)14-23(28)17-36/h5-10,12,14,22,25H,3-4,11,13,15-16,18-21H2,1-2H3,(H,38,43). The summed E-state index contributed by atoms with van der Waals surface area (Å²) in [5.74, 6) is 0.404. The third-order valence-corrected chi connectivity index (χ3v) is 8.98. The summed E-state index contributed by atoms with van der Waals surface area (Å²) in [6.07, 6.45) is 4.48. The molecule has 3 aromatic rings. The summed E-state index contributed by atoms with van der Waals surface area (Å²) in [7, 11) is 0. The molecule has 4 heterocycles. The molecular weight excluding hydrogens is 575 g/mol. The van der Waals surface area contributed by atoms with Gasteiger partial charge in [-0.05, 0) is 74.6 Å². The highest BCUT2D eigenvalue weighted by Crippen LogP contribution is 2.51. The van der Waals surface area contributed by atoms with E-state index in [1.54, 1.807) is 24.4 Å². The molecule has 1 unspecified atom stereocenters. The number of benzene rings is 1. The number of pyridine rings is 2. The van der Waals surface area contributed by atoms with Gasteiger partial charge in [-0.25, -0.2) is 14.4 Å². The smallest absolute Gasteiger partial charge is 0.273 e. The van der Waals surface area contributed by atoms with Gasteiger partial charge in [-0.2, -0.15) is 5.26 Å². The number of hydrogen-bond acceptors (Lipinski definition) is 8. The molecule has 2 saturated heterocycles. The summed E-state index contributed by atoms with van der Waals surface area (Å²) in [5, 5.41) is 12.5. The van der Waals surface area contributed by atoms with Crippen LogP contribution in [0.4, 0.5) is 10.1 Å². The summed E-state index contributed by atoms with van der Waals surface area (Å²) in [6, 6.07) is 13.7. The molecular formula is C34H37FN6O4. The Bertz CT molecular complexity index is 1630. The minimum absolute atomic E-state index is 0.0634. The van der Waals surface area contributed by atoms with Crippen LogP contribution in [0.25, 0.3) is 11.3 Å². The highest BCUT2D eigenvalue weighted by atomic mass is 19.1. The van der Waals surface area contributed by atoms with E-state index in [1.165, 1.54) is 12.1 Å². The van der Waals surface area contributed by atoms with Crippen LogP contribution < -0.4 is 19.7 Å². The van der Waals surface area contributed by atoms with Crippen LogP contribution >= 0.6 is 0 Å². The lowest BCUT2D eigenvalue weighted by Crippen LogP contribution is -2.65. The lowest BCUT2D eigenvalue weighted by Gasteiger charge is -2.59. The van der Waals surface area contributed by atoms with Crippen molar-refractivity contribution >= 4 is 17.5 Å². The fourth-order valence-corrected chi connectivity index (χ4v) is 6.70. The Morgan fingerprint density at radius 1 is 1.18 bits per heavy atom. The summed E-state index contributed by atoms with van der Waals surface area (Å²) in [6.45, 7) is 7.48. The number of amides is 2. The van der Waals surface area contributed by atoms with Gasteiger partial charge in [0, 0.05) is 50.8 Å². The highest BCUT2D eigenvalue weighted by molar-refractivity contribution is 5.95. The summed E-state index contributed by atoms with van der Waals surface area (Å²) in [4.78, 5) is 38.8. The normalized spacial score (nSPS) is 18.6. The van der Waals surface area contributed by atoms with E-state index in [2.05, 4.69) is 21.3 Å². The lowest BCUT2D eigenvalue weighted by molar-refractivity contribution is -0.129. The van der Waals surface area contributed by atoms with Crippen LogP contribution in [0.1, 0.15) is 55.6 Å². The van der Waals surface area contributed by atoms with Gasteiger partial charge in [-0.1, -0.05) is 6.92 Å². The van der Waals surface area contributed by atoms with E-state index in [1.807, 2.05) is 30.9 Å². The Labute approximate surface area is 262 Å². The minimum atomic E-state index is -0.420. The number of nitrogens with one attached hydrogen (secondary N) is 1. The molecule has 45 heavy (non-hydrogen) atoms. The first-order chi connectivity index (χ1) is 21.8. The monoisotopic (exact) mass is 612 g/mol. The second kappa shape index (κ2) is 12.7. The number of rotatable bonds is 10. The van der Waals surface area contributed by atoms with Crippen LogP contribution in [-0.2, 0) is 4.79 Å². The summed E-state index contributed by atoms with van der Waals surface area (Å²) in [5.41, 5.74) is 2.57.